The van der Waals surface area contributed by atoms with Gasteiger partial charge in [0.05, 0.1) is 4.92 Å². The number of benzene rings is 1. The van der Waals surface area contributed by atoms with E-state index in [0.29, 0.717) is 5.56 Å². The number of nitrogens with zero attached hydrogens (tertiary/aromatic N) is 1. The highest BCUT2D eigenvalue weighted by Gasteiger charge is 2.17. The van der Waals surface area contributed by atoms with E-state index < -0.39 is 23.0 Å². The molecule has 0 saturated carbocycles. The zero-order chi connectivity index (χ0) is 14.4. The zero-order valence-electron chi connectivity index (χ0n) is 10.5. The van der Waals surface area contributed by atoms with Gasteiger partial charge in [0.25, 0.3) is 5.69 Å². The summed E-state index contributed by atoms with van der Waals surface area (Å²) in [6.07, 6.45) is -0.776. The molecule has 1 atom stereocenters. The molecule has 0 aromatic heterocycles. The van der Waals surface area contributed by atoms with Gasteiger partial charge in [0, 0.05) is 26.0 Å². The first kappa shape index (κ1) is 14.6. The number of carbonyl (C=O) groups is 2. The lowest BCUT2D eigenvalue weighted by atomic mass is 10.1. The molecule has 0 radical (unpaired) electrons. The molecule has 0 aliphatic rings. The highest BCUT2D eigenvalue weighted by atomic mass is 16.6. The average molecular weight is 267 g/mol. The average Bonchev–Trinajstić information content (AvgIpc) is 2.34. The minimum atomic E-state index is -0.776. The van der Waals surface area contributed by atoms with Crippen LogP contribution in [-0.4, -0.2) is 23.5 Å². The second-order valence-electron chi connectivity index (χ2n) is 3.75. The second-order valence-corrected chi connectivity index (χ2v) is 3.75. The van der Waals surface area contributed by atoms with Crippen molar-refractivity contribution in [3.8, 4) is 0 Å². The Kier molecular flexibility index (Phi) is 4.99. The third kappa shape index (κ3) is 4.74. The van der Waals surface area contributed by atoms with Gasteiger partial charge in [-0.3, -0.25) is 19.7 Å². The Labute approximate surface area is 109 Å². The van der Waals surface area contributed by atoms with Gasteiger partial charge in [-0.2, -0.15) is 0 Å². The summed E-state index contributed by atoms with van der Waals surface area (Å²) < 4.78 is 9.79. The van der Waals surface area contributed by atoms with Crippen LogP contribution in [0.3, 0.4) is 0 Å². The fraction of sp³-hybridized carbons (Fsp3) is 0.333. The van der Waals surface area contributed by atoms with Crippen molar-refractivity contribution >= 4 is 17.6 Å². The van der Waals surface area contributed by atoms with Gasteiger partial charge in [0.2, 0.25) is 0 Å². The summed E-state index contributed by atoms with van der Waals surface area (Å²) in [6.45, 7) is 2.33. The molecule has 0 saturated heterocycles. The SMILES string of the molecule is CC(=O)OC[C@H](OC(C)=O)c1ccc([N+](=O)[O-])cc1. The summed E-state index contributed by atoms with van der Waals surface area (Å²) in [7, 11) is 0. The van der Waals surface area contributed by atoms with Gasteiger partial charge >= 0.3 is 11.9 Å². The molecule has 0 unspecified atom stereocenters. The zero-order valence-corrected chi connectivity index (χ0v) is 10.5. The van der Waals surface area contributed by atoms with E-state index in [1.165, 1.54) is 38.1 Å². The molecule has 0 heterocycles. The second kappa shape index (κ2) is 6.48. The van der Waals surface area contributed by atoms with Crippen LogP contribution in [0.2, 0.25) is 0 Å². The topological polar surface area (TPSA) is 95.7 Å². The minimum Gasteiger partial charge on any atom is -0.462 e. The number of ether oxygens (including phenoxy) is 2. The van der Waals surface area contributed by atoms with Crippen molar-refractivity contribution in [2.45, 2.75) is 20.0 Å². The smallest absolute Gasteiger partial charge is 0.303 e. The lowest BCUT2D eigenvalue weighted by Gasteiger charge is -2.16. The number of hydrogen-bond acceptors (Lipinski definition) is 6. The molecule has 19 heavy (non-hydrogen) atoms. The van der Waals surface area contributed by atoms with Gasteiger partial charge in [-0.15, -0.1) is 0 Å². The number of hydrogen-bond donors (Lipinski definition) is 0. The van der Waals surface area contributed by atoms with E-state index in [2.05, 4.69) is 0 Å². The van der Waals surface area contributed by atoms with Crippen LogP contribution in [0.25, 0.3) is 0 Å². The standard InChI is InChI=1S/C12H13NO6/c1-8(14)18-7-12(19-9(2)15)10-3-5-11(6-4-10)13(16)17/h3-6,12H,7H2,1-2H3/t12-/m0/s1. The Balaban J connectivity index is 2.86. The first-order valence-electron chi connectivity index (χ1n) is 5.45. The highest BCUT2D eigenvalue weighted by Crippen LogP contribution is 2.21. The van der Waals surface area contributed by atoms with Crippen LogP contribution in [0.5, 0.6) is 0 Å². The molecule has 0 fully saturated rings. The maximum Gasteiger partial charge on any atom is 0.303 e. The summed E-state index contributed by atoms with van der Waals surface area (Å²) in [6, 6.07) is 5.49. The molecule has 0 N–H and O–H groups in total. The Morgan fingerprint density at radius 3 is 2.21 bits per heavy atom. The molecule has 0 bridgehead atoms. The molecule has 0 amide bonds. The molecule has 0 aliphatic heterocycles. The van der Waals surface area contributed by atoms with E-state index in [0.717, 1.165) is 0 Å². The van der Waals surface area contributed by atoms with Gasteiger partial charge in [-0.05, 0) is 17.7 Å². The molecular weight excluding hydrogens is 254 g/mol. The quantitative estimate of drug-likeness (QED) is 0.458. The summed E-state index contributed by atoms with van der Waals surface area (Å²) in [5.41, 5.74) is 0.444. The van der Waals surface area contributed by atoms with Gasteiger partial charge in [-0.1, -0.05) is 0 Å². The summed E-state index contributed by atoms with van der Waals surface area (Å²) >= 11 is 0. The number of nitro groups is 1. The van der Waals surface area contributed by atoms with Crippen molar-refractivity contribution in [1.29, 1.82) is 0 Å². The van der Waals surface area contributed by atoms with Crippen molar-refractivity contribution in [2.24, 2.45) is 0 Å². The third-order valence-corrected chi connectivity index (χ3v) is 2.22. The van der Waals surface area contributed by atoms with E-state index in [1.54, 1.807) is 0 Å². The van der Waals surface area contributed by atoms with Crippen LogP contribution in [0.15, 0.2) is 24.3 Å². The van der Waals surface area contributed by atoms with Crippen LogP contribution >= 0.6 is 0 Å². The molecule has 102 valence electrons. The molecule has 1 aromatic rings. The number of carbonyl (C=O) groups excluding carboxylic acids is 2. The number of nitro benzene ring substituents is 1. The summed E-state index contributed by atoms with van der Waals surface area (Å²) in [5, 5.41) is 10.5. The van der Waals surface area contributed by atoms with Gasteiger partial charge in [0.1, 0.15) is 6.61 Å². The van der Waals surface area contributed by atoms with Crippen molar-refractivity contribution in [1.82, 2.24) is 0 Å². The van der Waals surface area contributed by atoms with E-state index in [9.17, 15) is 19.7 Å². The fourth-order valence-corrected chi connectivity index (χ4v) is 1.40. The van der Waals surface area contributed by atoms with Crippen molar-refractivity contribution in [3.05, 3.63) is 39.9 Å². The molecule has 1 aromatic carbocycles. The predicted octanol–water partition coefficient (Wildman–Crippen LogP) is 1.76. The maximum atomic E-state index is 11.0. The lowest BCUT2D eigenvalue weighted by Crippen LogP contribution is -2.16. The first-order chi connectivity index (χ1) is 8.90. The van der Waals surface area contributed by atoms with E-state index in [-0.39, 0.29) is 12.3 Å². The Morgan fingerprint density at radius 2 is 1.79 bits per heavy atom. The third-order valence-electron chi connectivity index (χ3n) is 2.22. The highest BCUT2D eigenvalue weighted by molar-refractivity contribution is 5.67. The number of esters is 2. The van der Waals surface area contributed by atoms with Crippen molar-refractivity contribution < 1.29 is 24.0 Å². The maximum absolute atomic E-state index is 11.0. The van der Waals surface area contributed by atoms with Crippen LogP contribution in [-0.2, 0) is 19.1 Å². The number of non-ortho nitro benzene ring substituents is 1. The van der Waals surface area contributed by atoms with Crippen molar-refractivity contribution in [3.63, 3.8) is 0 Å². The Bertz CT molecular complexity index is 481. The van der Waals surface area contributed by atoms with Crippen LogP contribution in [0.1, 0.15) is 25.5 Å². The summed E-state index contributed by atoms with van der Waals surface area (Å²) in [4.78, 5) is 31.7. The minimum absolute atomic E-state index is 0.0715. The largest absolute Gasteiger partial charge is 0.462 e. The normalized spacial score (nSPS) is 11.5. The van der Waals surface area contributed by atoms with E-state index >= 15 is 0 Å². The van der Waals surface area contributed by atoms with Gasteiger partial charge in [-0.25, -0.2) is 0 Å². The first-order valence-corrected chi connectivity index (χ1v) is 5.45. The van der Waals surface area contributed by atoms with Crippen LogP contribution in [0.4, 0.5) is 5.69 Å². The van der Waals surface area contributed by atoms with Crippen LogP contribution in [0, 0.1) is 10.1 Å². The van der Waals surface area contributed by atoms with Gasteiger partial charge < -0.3 is 9.47 Å². The van der Waals surface area contributed by atoms with E-state index in [1.807, 2.05) is 0 Å². The molecule has 1 rings (SSSR count). The number of rotatable bonds is 5. The monoisotopic (exact) mass is 267 g/mol. The molecule has 7 heteroatoms. The predicted molar refractivity (Wildman–Crippen MR) is 64.2 cm³/mol. The molecule has 0 spiro atoms. The molecular formula is C12H13NO6. The summed E-state index contributed by atoms with van der Waals surface area (Å²) in [5.74, 6) is -1.03. The van der Waals surface area contributed by atoms with E-state index in [4.69, 9.17) is 9.47 Å². The van der Waals surface area contributed by atoms with Crippen LogP contribution < -0.4 is 0 Å². The van der Waals surface area contributed by atoms with Crippen molar-refractivity contribution in [2.75, 3.05) is 6.61 Å². The lowest BCUT2D eigenvalue weighted by molar-refractivity contribution is -0.384. The van der Waals surface area contributed by atoms with Gasteiger partial charge in [0.15, 0.2) is 6.10 Å². The molecule has 0 aliphatic carbocycles. The fourth-order valence-electron chi connectivity index (χ4n) is 1.40. The molecule has 7 nitrogen and oxygen atoms in total. The Hall–Kier alpha value is -2.44. The Morgan fingerprint density at radius 1 is 1.21 bits per heavy atom.